The van der Waals surface area contributed by atoms with Gasteiger partial charge < -0.3 is 9.79 Å². The molecule has 0 aromatic heterocycles. The second-order valence-electron chi connectivity index (χ2n) is 3.18. The van der Waals surface area contributed by atoms with Crippen LogP contribution < -0.4 is 0 Å². The van der Waals surface area contributed by atoms with Crippen LogP contribution >= 0.6 is 7.60 Å². The van der Waals surface area contributed by atoms with Gasteiger partial charge in [-0.05, 0) is 12.8 Å². The number of allylic oxidation sites excluding steroid dienone is 1. The molecule has 0 saturated heterocycles. The van der Waals surface area contributed by atoms with E-state index in [-0.39, 0.29) is 0 Å². The van der Waals surface area contributed by atoms with Crippen LogP contribution in [-0.2, 0) is 4.57 Å². The zero-order chi connectivity index (χ0) is 10.2. The van der Waals surface area contributed by atoms with E-state index in [4.69, 9.17) is 9.79 Å². The first kappa shape index (κ1) is 12.9. The third kappa shape index (κ3) is 11.9. The molecule has 0 aromatic rings. The van der Waals surface area contributed by atoms with Crippen molar-refractivity contribution in [1.82, 2.24) is 0 Å². The van der Waals surface area contributed by atoms with Crippen LogP contribution in [0.3, 0.4) is 0 Å². The summed E-state index contributed by atoms with van der Waals surface area (Å²) in [6.45, 7) is 2.16. The van der Waals surface area contributed by atoms with Crippen molar-refractivity contribution >= 4 is 7.60 Å². The van der Waals surface area contributed by atoms with Gasteiger partial charge >= 0.3 is 7.60 Å². The van der Waals surface area contributed by atoms with Gasteiger partial charge in [-0.25, -0.2) is 0 Å². The van der Waals surface area contributed by atoms with E-state index in [1.165, 1.54) is 19.3 Å². The van der Waals surface area contributed by atoms with Crippen LogP contribution in [0.25, 0.3) is 0 Å². The van der Waals surface area contributed by atoms with Crippen LogP contribution in [0.1, 0.15) is 45.4 Å². The van der Waals surface area contributed by atoms with Crippen LogP contribution in [-0.4, -0.2) is 9.79 Å². The van der Waals surface area contributed by atoms with Gasteiger partial charge in [0.15, 0.2) is 0 Å². The fourth-order valence-electron chi connectivity index (χ4n) is 1.08. The van der Waals surface area contributed by atoms with Crippen molar-refractivity contribution in [3.63, 3.8) is 0 Å². The molecule has 0 rings (SSSR count). The number of hydrogen-bond donors (Lipinski definition) is 2. The lowest BCUT2D eigenvalue weighted by Gasteiger charge is -1.97. The summed E-state index contributed by atoms with van der Waals surface area (Å²) in [7, 11) is -3.91. The highest BCUT2D eigenvalue weighted by Gasteiger charge is 2.03. The minimum absolute atomic E-state index is 0.773. The second kappa shape index (κ2) is 7.31. The number of hydrogen-bond acceptors (Lipinski definition) is 1. The molecule has 0 bridgehead atoms. The van der Waals surface area contributed by atoms with Crippen molar-refractivity contribution in [2.24, 2.45) is 0 Å². The molecule has 0 radical (unpaired) electrons. The molecular weight excluding hydrogens is 187 g/mol. The first-order valence-electron chi connectivity index (χ1n) is 4.79. The Labute approximate surface area is 80.0 Å². The lowest BCUT2D eigenvalue weighted by atomic mass is 10.1. The highest BCUT2D eigenvalue weighted by atomic mass is 31.2. The van der Waals surface area contributed by atoms with Crippen LogP contribution in [0, 0.1) is 0 Å². The topological polar surface area (TPSA) is 57.5 Å². The van der Waals surface area contributed by atoms with Crippen LogP contribution in [0.15, 0.2) is 11.9 Å². The molecule has 0 aliphatic rings. The van der Waals surface area contributed by atoms with Gasteiger partial charge in [0.25, 0.3) is 0 Å². The maximum Gasteiger partial charge on any atom is 0.348 e. The maximum absolute atomic E-state index is 10.4. The van der Waals surface area contributed by atoms with Crippen LogP contribution in [0.4, 0.5) is 0 Å². The largest absolute Gasteiger partial charge is 0.348 e. The first-order valence-corrected chi connectivity index (χ1v) is 6.47. The standard InChI is InChI=1S/C9H19O3P/c1-2-3-4-5-6-7-8-9-13(10,11)12/h8-9H,2-7H2,1H3,(H2,10,11,12). The quantitative estimate of drug-likeness (QED) is 0.497. The highest BCUT2D eigenvalue weighted by molar-refractivity contribution is 7.55. The molecule has 0 fully saturated rings. The average molecular weight is 206 g/mol. The first-order chi connectivity index (χ1) is 6.06. The minimum Gasteiger partial charge on any atom is -0.321 e. The van der Waals surface area contributed by atoms with Gasteiger partial charge in [-0.1, -0.05) is 38.7 Å². The lowest BCUT2D eigenvalue weighted by molar-refractivity contribution is 0.386. The summed E-state index contributed by atoms with van der Waals surface area (Å²) in [4.78, 5) is 17.0. The molecule has 4 heteroatoms. The average Bonchev–Trinajstić information content (AvgIpc) is 2.01. The van der Waals surface area contributed by atoms with E-state index in [0.717, 1.165) is 25.1 Å². The fraction of sp³-hybridized carbons (Fsp3) is 0.778. The number of rotatable bonds is 7. The normalized spacial score (nSPS) is 12.5. The Morgan fingerprint density at radius 3 is 2.31 bits per heavy atom. The molecule has 13 heavy (non-hydrogen) atoms. The predicted octanol–water partition coefficient (Wildman–Crippen LogP) is 3.04. The van der Waals surface area contributed by atoms with Crippen LogP contribution in [0.5, 0.6) is 0 Å². The summed E-state index contributed by atoms with van der Waals surface area (Å²) in [5, 5.41) is 0. The van der Waals surface area contributed by atoms with Crippen LogP contribution in [0.2, 0.25) is 0 Å². The Kier molecular flexibility index (Phi) is 7.25. The third-order valence-electron chi connectivity index (χ3n) is 1.77. The Morgan fingerprint density at radius 1 is 1.15 bits per heavy atom. The third-order valence-corrected chi connectivity index (χ3v) is 2.37. The fourth-order valence-corrected chi connectivity index (χ4v) is 1.50. The Balaban J connectivity index is 3.26. The summed E-state index contributed by atoms with van der Waals surface area (Å²) in [6, 6.07) is 0. The zero-order valence-electron chi connectivity index (χ0n) is 8.15. The van der Waals surface area contributed by atoms with Gasteiger partial charge in [-0.2, -0.15) is 0 Å². The monoisotopic (exact) mass is 206 g/mol. The second-order valence-corrected chi connectivity index (χ2v) is 4.65. The van der Waals surface area contributed by atoms with Crippen molar-refractivity contribution in [2.45, 2.75) is 45.4 Å². The molecule has 0 aliphatic heterocycles. The molecule has 3 nitrogen and oxygen atoms in total. The summed E-state index contributed by atoms with van der Waals surface area (Å²) < 4.78 is 10.4. The van der Waals surface area contributed by atoms with Gasteiger partial charge in [0, 0.05) is 5.82 Å². The van der Waals surface area contributed by atoms with E-state index in [2.05, 4.69) is 6.92 Å². The van der Waals surface area contributed by atoms with Gasteiger partial charge in [0.1, 0.15) is 0 Å². The molecule has 78 valence electrons. The molecule has 0 aliphatic carbocycles. The van der Waals surface area contributed by atoms with Gasteiger partial charge in [-0.3, -0.25) is 4.57 Å². The molecule has 0 spiro atoms. The van der Waals surface area contributed by atoms with Crippen molar-refractivity contribution in [2.75, 3.05) is 0 Å². The van der Waals surface area contributed by atoms with E-state index in [1.54, 1.807) is 6.08 Å². The molecule has 0 heterocycles. The number of unbranched alkanes of at least 4 members (excludes halogenated alkanes) is 5. The molecule has 0 unspecified atom stereocenters. The van der Waals surface area contributed by atoms with E-state index in [1.807, 2.05) is 0 Å². The summed E-state index contributed by atoms with van der Waals surface area (Å²) in [6.07, 6.45) is 8.22. The SMILES string of the molecule is CCCCCCCC=CP(=O)(O)O. The van der Waals surface area contributed by atoms with Crippen molar-refractivity contribution < 1.29 is 14.4 Å². The van der Waals surface area contributed by atoms with E-state index < -0.39 is 7.60 Å². The Hall–Kier alpha value is -0.110. The minimum atomic E-state index is -3.91. The van der Waals surface area contributed by atoms with Gasteiger partial charge in [0.2, 0.25) is 0 Å². The molecule has 0 amide bonds. The van der Waals surface area contributed by atoms with Crippen molar-refractivity contribution in [3.8, 4) is 0 Å². The lowest BCUT2D eigenvalue weighted by Crippen LogP contribution is -1.76. The van der Waals surface area contributed by atoms with Crippen molar-refractivity contribution in [3.05, 3.63) is 11.9 Å². The van der Waals surface area contributed by atoms with E-state index >= 15 is 0 Å². The van der Waals surface area contributed by atoms with Crippen molar-refractivity contribution in [1.29, 1.82) is 0 Å². The summed E-state index contributed by atoms with van der Waals surface area (Å²) in [5.41, 5.74) is 0. The Morgan fingerprint density at radius 2 is 1.77 bits per heavy atom. The molecule has 2 N–H and O–H groups in total. The zero-order valence-corrected chi connectivity index (χ0v) is 9.04. The highest BCUT2D eigenvalue weighted by Crippen LogP contribution is 2.36. The van der Waals surface area contributed by atoms with E-state index in [9.17, 15) is 4.57 Å². The van der Waals surface area contributed by atoms with Gasteiger partial charge in [-0.15, -0.1) is 0 Å². The Bertz CT molecular complexity index is 183. The summed E-state index contributed by atoms with van der Waals surface area (Å²) >= 11 is 0. The smallest absolute Gasteiger partial charge is 0.321 e. The molecule has 0 atom stereocenters. The molecule has 0 saturated carbocycles. The summed E-state index contributed by atoms with van der Waals surface area (Å²) in [5.74, 6) is 0.993. The maximum atomic E-state index is 10.4. The van der Waals surface area contributed by atoms with E-state index in [0.29, 0.717) is 0 Å². The molecular formula is C9H19O3P. The van der Waals surface area contributed by atoms with Gasteiger partial charge in [0.05, 0.1) is 0 Å². The molecule has 0 aromatic carbocycles. The predicted molar refractivity (Wildman–Crippen MR) is 54.6 cm³/mol.